The summed E-state index contributed by atoms with van der Waals surface area (Å²) in [5, 5.41) is 1.01. The van der Waals surface area contributed by atoms with Crippen LogP contribution in [0.5, 0.6) is 5.75 Å². The Balaban J connectivity index is 1.88. The molecule has 1 aliphatic rings. The van der Waals surface area contributed by atoms with Gasteiger partial charge in [0.1, 0.15) is 5.75 Å². The van der Waals surface area contributed by atoms with Crippen LogP contribution < -0.4 is 16.0 Å². The summed E-state index contributed by atoms with van der Waals surface area (Å²) in [5.74, 6) is 0.675. The Bertz CT molecular complexity index is 1810. The lowest BCUT2D eigenvalue weighted by Gasteiger charge is -2.30. The van der Waals surface area contributed by atoms with Crippen molar-refractivity contribution in [2.45, 2.75) is 20.0 Å². The molecule has 0 spiro atoms. The zero-order valence-corrected chi connectivity index (χ0v) is 21.1. The largest absolute Gasteiger partial charge is 0.477 e. The number of aromatic nitrogens is 3. The summed E-state index contributed by atoms with van der Waals surface area (Å²) in [6.07, 6.45) is -0.631. The van der Waals surface area contributed by atoms with Gasteiger partial charge in [-0.3, -0.25) is 13.9 Å². The van der Waals surface area contributed by atoms with Crippen LogP contribution in [0.3, 0.4) is 0 Å². The summed E-state index contributed by atoms with van der Waals surface area (Å²) < 4.78 is 11.4. The quantitative estimate of drug-likeness (QED) is 0.326. The standard InChI is InChI=1S/C29H24ClN3O3/c1-16-9-12-18(13-10-16)24-23-25(31(3)29(35)32(4)28(23)34)26-27(19-7-5-6-8-20(19)30)36-22-14-11-17(2)15-21(22)33(24)26/h5-15,27H,1-4H3. The van der Waals surface area contributed by atoms with Crippen molar-refractivity contribution >= 4 is 22.5 Å². The van der Waals surface area contributed by atoms with Gasteiger partial charge in [0.15, 0.2) is 6.10 Å². The average molecular weight is 498 g/mol. The number of aryl methyl sites for hydroxylation is 3. The summed E-state index contributed by atoms with van der Waals surface area (Å²) in [5.41, 5.74) is 5.82. The van der Waals surface area contributed by atoms with Gasteiger partial charge in [0.25, 0.3) is 5.56 Å². The molecule has 0 radical (unpaired) electrons. The molecule has 6 nitrogen and oxygen atoms in total. The van der Waals surface area contributed by atoms with Gasteiger partial charge in [0, 0.05) is 24.7 Å². The maximum absolute atomic E-state index is 13.7. The predicted molar refractivity (Wildman–Crippen MR) is 143 cm³/mol. The smallest absolute Gasteiger partial charge is 0.331 e. The van der Waals surface area contributed by atoms with Gasteiger partial charge in [-0.2, -0.15) is 0 Å². The third kappa shape index (κ3) is 3.11. The molecule has 36 heavy (non-hydrogen) atoms. The van der Waals surface area contributed by atoms with Crippen molar-refractivity contribution < 1.29 is 4.74 Å². The molecule has 6 rings (SSSR count). The molecular weight excluding hydrogens is 474 g/mol. The first kappa shape index (κ1) is 22.4. The highest BCUT2D eigenvalue weighted by Gasteiger charge is 2.37. The van der Waals surface area contributed by atoms with Crippen LogP contribution in [0.1, 0.15) is 28.5 Å². The van der Waals surface area contributed by atoms with E-state index in [4.69, 9.17) is 16.3 Å². The molecule has 3 aromatic carbocycles. The van der Waals surface area contributed by atoms with Crippen molar-refractivity contribution in [3.8, 4) is 22.7 Å². The van der Waals surface area contributed by atoms with E-state index < -0.39 is 11.8 Å². The molecule has 0 bridgehead atoms. The number of nitrogens with zero attached hydrogens (tertiary/aromatic N) is 3. The minimum atomic E-state index is -0.631. The Morgan fingerprint density at radius 1 is 0.861 bits per heavy atom. The lowest BCUT2D eigenvalue weighted by Crippen LogP contribution is -2.37. The van der Waals surface area contributed by atoms with Gasteiger partial charge in [-0.25, -0.2) is 4.79 Å². The molecular formula is C29H24ClN3O3. The lowest BCUT2D eigenvalue weighted by atomic mass is 10.0. The van der Waals surface area contributed by atoms with Crippen molar-refractivity contribution in [3.63, 3.8) is 0 Å². The molecule has 0 aliphatic carbocycles. The van der Waals surface area contributed by atoms with Crippen LogP contribution in [0.25, 0.3) is 27.8 Å². The SMILES string of the molecule is Cc1ccc(-c2c3c(=O)n(C)c(=O)n(C)c3c3n2-c2cc(C)ccc2OC3c2ccccc2Cl)cc1. The Hall–Kier alpha value is -4.03. The van der Waals surface area contributed by atoms with Crippen LogP contribution in [0.2, 0.25) is 5.02 Å². The first-order chi connectivity index (χ1) is 17.3. The van der Waals surface area contributed by atoms with Gasteiger partial charge in [-0.1, -0.05) is 65.7 Å². The molecule has 1 atom stereocenters. The highest BCUT2D eigenvalue weighted by atomic mass is 35.5. The van der Waals surface area contributed by atoms with Crippen LogP contribution in [0, 0.1) is 13.8 Å². The Morgan fingerprint density at radius 2 is 1.56 bits per heavy atom. The minimum Gasteiger partial charge on any atom is -0.477 e. The maximum Gasteiger partial charge on any atom is 0.331 e. The van der Waals surface area contributed by atoms with E-state index in [2.05, 4.69) is 4.57 Å². The Morgan fingerprint density at radius 3 is 2.28 bits per heavy atom. The first-order valence-corrected chi connectivity index (χ1v) is 12.1. The van der Waals surface area contributed by atoms with Gasteiger partial charge < -0.3 is 9.30 Å². The number of ether oxygens (including phenoxy) is 1. The van der Waals surface area contributed by atoms with E-state index in [1.54, 1.807) is 7.05 Å². The second-order valence-corrected chi connectivity index (χ2v) is 9.76. The first-order valence-electron chi connectivity index (χ1n) is 11.7. The van der Waals surface area contributed by atoms with E-state index in [0.29, 0.717) is 27.4 Å². The highest BCUT2D eigenvalue weighted by Crippen LogP contribution is 2.47. The molecule has 7 heteroatoms. The maximum atomic E-state index is 13.7. The van der Waals surface area contributed by atoms with Gasteiger partial charge in [0.2, 0.25) is 0 Å². The van der Waals surface area contributed by atoms with Crippen LogP contribution in [-0.2, 0) is 14.1 Å². The summed E-state index contributed by atoms with van der Waals surface area (Å²) >= 11 is 6.67. The van der Waals surface area contributed by atoms with Gasteiger partial charge in [-0.15, -0.1) is 0 Å². The second-order valence-electron chi connectivity index (χ2n) is 9.36. The molecule has 0 saturated carbocycles. The van der Waals surface area contributed by atoms with E-state index in [9.17, 15) is 9.59 Å². The average Bonchev–Trinajstić information content (AvgIpc) is 3.23. The Kier molecular flexibility index (Phi) is 4.99. The van der Waals surface area contributed by atoms with Crippen LogP contribution in [0.15, 0.2) is 76.3 Å². The second kappa shape index (κ2) is 8.00. The monoisotopic (exact) mass is 497 g/mol. The van der Waals surface area contributed by atoms with E-state index in [0.717, 1.165) is 38.2 Å². The van der Waals surface area contributed by atoms with Crippen molar-refractivity contribution in [1.29, 1.82) is 0 Å². The number of halogens is 1. The lowest BCUT2D eigenvalue weighted by molar-refractivity contribution is 0.229. The third-order valence-electron chi connectivity index (χ3n) is 6.97. The molecule has 0 amide bonds. The molecule has 0 saturated heterocycles. The van der Waals surface area contributed by atoms with E-state index >= 15 is 0 Å². The third-order valence-corrected chi connectivity index (χ3v) is 7.31. The van der Waals surface area contributed by atoms with Crippen molar-refractivity contribution in [2.24, 2.45) is 14.1 Å². The zero-order valence-electron chi connectivity index (χ0n) is 20.4. The number of rotatable bonds is 2. The predicted octanol–water partition coefficient (Wildman–Crippen LogP) is 5.45. The Labute approximate surface area is 212 Å². The molecule has 0 N–H and O–H groups in total. The molecule has 0 fully saturated rings. The fourth-order valence-electron chi connectivity index (χ4n) is 5.16. The van der Waals surface area contributed by atoms with E-state index in [1.807, 2.05) is 80.6 Å². The normalized spacial score (nSPS) is 14.4. The number of fused-ring (bicyclic) bond motifs is 5. The molecule has 1 aliphatic heterocycles. The van der Waals surface area contributed by atoms with Crippen LogP contribution in [0.4, 0.5) is 0 Å². The number of benzene rings is 3. The number of hydrogen-bond donors (Lipinski definition) is 0. The van der Waals surface area contributed by atoms with E-state index in [-0.39, 0.29) is 5.56 Å². The van der Waals surface area contributed by atoms with Crippen molar-refractivity contribution in [1.82, 2.24) is 13.7 Å². The summed E-state index contributed by atoms with van der Waals surface area (Å²) in [4.78, 5) is 26.9. The molecule has 5 aromatic rings. The molecule has 3 heterocycles. The molecule has 180 valence electrons. The number of hydrogen-bond acceptors (Lipinski definition) is 3. The fourth-order valence-corrected chi connectivity index (χ4v) is 5.39. The van der Waals surface area contributed by atoms with Crippen molar-refractivity contribution in [3.05, 3.63) is 115 Å². The van der Waals surface area contributed by atoms with Gasteiger partial charge >= 0.3 is 5.69 Å². The summed E-state index contributed by atoms with van der Waals surface area (Å²) in [7, 11) is 3.21. The van der Waals surface area contributed by atoms with Gasteiger partial charge in [0.05, 0.1) is 28.0 Å². The molecule has 2 aromatic heterocycles. The molecule has 1 unspecified atom stereocenters. The van der Waals surface area contributed by atoms with Crippen LogP contribution >= 0.6 is 11.6 Å². The van der Waals surface area contributed by atoms with E-state index in [1.165, 1.54) is 11.6 Å². The minimum absolute atomic E-state index is 0.349. The van der Waals surface area contributed by atoms with Crippen LogP contribution in [-0.4, -0.2) is 13.7 Å². The summed E-state index contributed by atoms with van der Waals surface area (Å²) in [6, 6.07) is 21.6. The fraction of sp³-hybridized carbons (Fsp3) is 0.172. The zero-order chi connectivity index (χ0) is 25.3. The van der Waals surface area contributed by atoms with Crippen molar-refractivity contribution in [2.75, 3.05) is 0 Å². The highest BCUT2D eigenvalue weighted by molar-refractivity contribution is 6.31. The van der Waals surface area contributed by atoms with Gasteiger partial charge in [-0.05, 0) is 43.2 Å². The summed E-state index contributed by atoms with van der Waals surface area (Å²) in [6.45, 7) is 4.04. The topological polar surface area (TPSA) is 58.2 Å².